The molecule has 2 aliphatic heterocycles. The molecule has 0 aliphatic carbocycles. The molecule has 0 N–H and O–H groups in total. The van der Waals surface area contributed by atoms with Crippen molar-refractivity contribution >= 4 is 0 Å². The normalized spacial score (nSPS) is 28.8. The van der Waals surface area contributed by atoms with Gasteiger partial charge in [0.2, 0.25) is 0 Å². The molecule has 0 bridgehead atoms. The Kier molecular flexibility index (Phi) is 3.72. The summed E-state index contributed by atoms with van der Waals surface area (Å²) in [4.78, 5) is 4.99. The number of pyridine rings is 1. The van der Waals surface area contributed by atoms with Crippen molar-refractivity contribution in [2.75, 3.05) is 0 Å². The fourth-order valence-electron chi connectivity index (χ4n) is 6.31. The molecule has 150 valence electrons. The zero-order valence-corrected chi connectivity index (χ0v) is 19.2. The summed E-state index contributed by atoms with van der Waals surface area (Å²) < 4.78 is 5.21. The average Bonchev–Trinajstić information content (AvgIpc) is 2.93. The van der Waals surface area contributed by atoms with Gasteiger partial charge in [0, 0.05) is 25.5 Å². The van der Waals surface area contributed by atoms with Crippen molar-refractivity contribution in [3.05, 3.63) is 47.6 Å². The van der Waals surface area contributed by atoms with Gasteiger partial charge in [-0.15, -0.1) is 0 Å². The highest BCUT2D eigenvalue weighted by Gasteiger charge is 2.63. The van der Waals surface area contributed by atoms with Gasteiger partial charge in [-0.05, 0) is 58.2 Å². The molecule has 0 fully saturated rings. The highest BCUT2D eigenvalue weighted by molar-refractivity contribution is 5.70. The summed E-state index contributed by atoms with van der Waals surface area (Å²) in [7, 11) is 0. The first-order valence-electron chi connectivity index (χ1n) is 10.8. The second kappa shape index (κ2) is 5.37. The predicted octanol–water partition coefficient (Wildman–Crippen LogP) is 5.45. The molecule has 0 radical (unpaired) electrons. The number of rotatable bonds is 3. The quantitative estimate of drug-likeness (QED) is 0.514. The van der Waals surface area contributed by atoms with Crippen molar-refractivity contribution in [1.29, 1.82) is 0 Å². The first-order chi connectivity index (χ1) is 13.0. The van der Waals surface area contributed by atoms with Gasteiger partial charge in [-0.3, -0.25) is 4.98 Å². The smallest absolute Gasteiger partial charge is 0.260 e. The van der Waals surface area contributed by atoms with Crippen molar-refractivity contribution in [3.8, 4) is 11.4 Å². The summed E-state index contributed by atoms with van der Waals surface area (Å²) in [6.45, 7) is 25.5. The van der Waals surface area contributed by atoms with Crippen LogP contribution < -0.4 is 4.57 Å². The van der Waals surface area contributed by atoms with Crippen LogP contribution >= 0.6 is 0 Å². The lowest BCUT2D eigenvalue weighted by atomic mass is 9.58. The van der Waals surface area contributed by atoms with Gasteiger partial charge < -0.3 is 0 Å². The lowest BCUT2D eigenvalue weighted by molar-refractivity contribution is -0.760. The number of imidazole rings is 1. The van der Waals surface area contributed by atoms with E-state index in [0.29, 0.717) is 0 Å². The van der Waals surface area contributed by atoms with Crippen LogP contribution in [-0.2, 0) is 21.9 Å². The van der Waals surface area contributed by atoms with Crippen molar-refractivity contribution in [2.24, 2.45) is 0 Å². The minimum absolute atomic E-state index is 0.0326. The SMILES string of the molecule is C=CC1(CC)[n+]2c(C)c(C)n3c2-c2c(ccnc2C(C)(C)C3(C)C)C1(C)CC. The lowest BCUT2D eigenvalue weighted by Gasteiger charge is -2.52. The Balaban J connectivity index is 2.34. The summed E-state index contributed by atoms with van der Waals surface area (Å²) in [5.74, 6) is 1.32. The fraction of sp³-hybridized carbons (Fsp3) is 0.600. The second-order valence-electron chi connectivity index (χ2n) is 10.1. The van der Waals surface area contributed by atoms with Crippen LogP contribution in [0.2, 0.25) is 0 Å². The molecular weight excluding hydrogens is 342 g/mol. The van der Waals surface area contributed by atoms with Crippen LogP contribution in [0.4, 0.5) is 0 Å². The van der Waals surface area contributed by atoms with E-state index < -0.39 is 0 Å². The third-order valence-electron chi connectivity index (χ3n) is 9.01. The predicted molar refractivity (Wildman–Crippen MR) is 116 cm³/mol. The highest BCUT2D eigenvalue weighted by atomic mass is 15.3. The molecule has 28 heavy (non-hydrogen) atoms. The van der Waals surface area contributed by atoms with Crippen LogP contribution in [0.5, 0.6) is 0 Å². The van der Waals surface area contributed by atoms with E-state index in [0.717, 1.165) is 12.8 Å². The Bertz CT molecular complexity index is 1010. The van der Waals surface area contributed by atoms with E-state index in [1.165, 1.54) is 34.0 Å². The number of allylic oxidation sites excluding steroid dienone is 1. The Morgan fingerprint density at radius 1 is 1.11 bits per heavy atom. The molecule has 0 aromatic carbocycles. The van der Waals surface area contributed by atoms with E-state index in [2.05, 4.69) is 90.2 Å². The van der Waals surface area contributed by atoms with E-state index in [4.69, 9.17) is 4.98 Å². The van der Waals surface area contributed by atoms with Crippen molar-refractivity contribution in [1.82, 2.24) is 9.55 Å². The van der Waals surface area contributed by atoms with Crippen LogP contribution in [0.1, 0.15) is 84.0 Å². The molecule has 0 spiro atoms. The van der Waals surface area contributed by atoms with E-state index in [-0.39, 0.29) is 21.9 Å². The molecule has 0 saturated heterocycles. The van der Waals surface area contributed by atoms with Gasteiger partial charge >= 0.3 is 0 Å². The zero-order chi connectivity index (χ0) is 20.9. The third-order valence-corrected chi connectivity index (χ3v) is 9.01. The van der Waals surface area contributed by atoms with Crippen LogP contribution in [0, 0.1) is 13.8 Å². The molecule has 2 aliphatic rings. The lowest BCUT2D eigenvalue weighted by Crippen LogP contribution is -2.70. The summed E-state index contributed by atoms with van der Waals surface area (Å²) in [5, 5.41) is 0. The molecule has 0 amide bonds. The van der Waals surface area contributed by atoms with Gasteiger partial charge in [0.1, 0.15) is 22.5 Å². The van der Waals surface area contributed by atoms with E-state index >= 15 is 0 Å². The number of hydrogen-bond donors (Lipinski definition) is 0. The maximum Gasteiger partial charge on any atom is 0.292 e. The van der Waals surface area contributed by atoms with E-state index in [1.807, 2.05) is 6.20 Å². The van der Waals surface area contributed by atoms with Crippen molar-refractivity contribution in [3.63, 3.8) is 0 Å². The summed E-state index contributed by atoms with van der Waals surface area (Å²) in [6, 6.07) is 2.27. The molecule has 4 heterocycles. The zero-order valence-electron chi connectivity index (χ0n) is 19.2. The molecular formula is C25H36N3+. The Morgan fingerprint density at radius 3 is 2.29 bits per heavy atom. The van der Waals surface area contributed by atoms with Gasteiger partial charge in [-0.2, -0.15) is 0 Å². The molecule has 2 atom stereocenters. The minimum atomic E-state index is -0.152. The van der Waals surface area contributed by atoms with Crippen LogP contribution in [0.3, 0.4) is 0 Å². The maximum absolute atomic E-state index is 4.99. The topological polar surface area (TPSA) is 21.7 Å². The van der Waals surface area contributed by atoms with Gasteiger partial charge in [0.15, 0.2) is 0 Å². The van der Waals surface area contributed by atoms with E-state index in [1.54, 1.807) is 0 Å². The Morgan fingerprint density at radius 2 is 1.75 bits per heavy atom. The molecule has 2 aromatic rings. The molecule has 3 heteroatoms. The summed E-state index contributed by atoms with van der Waals surface area (Å²) in [5.41, 5.74) is 6.40. The first kappa shape index (κ1) is 19.4. The van der Waals surface area contributed by atoms with Gasteiger partial charge in [-0.1, -0.05) is 27.4 Å². The number of nitrogens with zero attached hydrogens (tertiary/aromatic N) is 3. The summed E-state index contributed by atoms with van der Waals surface area (Å²) >= 11 is 0. The monoisotopic (exact) mass is 378 g/mol. The molecule has 3 nitrogen and oxygen atoms in total. The van der Waals surface area contributed by atoms with E-state index in [9.17, 15) is 0 Å². The number of hydrogen-bond acceptors (Lipinski definition) is 1. The van der Waals surface area contributed by atoms with Gasteiger partial charge in [0.25, 0.3) is 5.82 Å². The van der Waals surface area contributed by atoms with Crippen molar-refractivity contribution < 1.29 is 4.57 Å². The number of aromatic nitrogens is 3. The molecule has 0 saturated carbocycles. The largest absolute Gasteiger partial charge is 0.292 e. The first-order valence-corrected chi connectivity index (χ1v) is 10.8. The fourth-order valence-corrected chi connectivity index (χ4v) is 6.31. The minimum Gasteiger partial charge on any atom is -0.260 e. The Hall–Kier alpha value is -1.90. The third kappa shape index (κ3) is 1.70. The highest BCUT2D eigenvalue weighted by Crippen LogP contribution is 2.58. The second-order valence-corrected chi connectivity index (χ2v) is 10.1. The standard InChI is InChI=1S/C25H36N3/c1-11-24(10)18-14-15-26-20-19(18)21-27(23(8,9)22(20,6)7)16(4)17(5)28(21)25(24,12-2)13-3/h12,14-15H,2,11,13H2,1,3-10H3/q+1. The molecule has 2 unspecified atom stereocenters. The van der Waals surface area contributed by atoms with Crippen LogP contribution in [0.15, 0.2) is 24.9 Å². The Labute approximate surface area is 170 Å². The van der Waals surface area contributed by atoms with Gasteiger partial charge in [-0.25, -0.2) is 9.13 Å². The molecule has 2 aromatic heterocycles. The van der Waals surface area contributed by atoms with Gasteiger partial charge in [0.05, 0.1) is 16.7 Å². The van der Waals surface area contributed by atoms with Crippen molar-refractivity contribution in [2.45, 2.75) is 97.1 Å². The average molecular weight is 379 g/mol. The summed E-state index contributed by atoms with van der Waals surface area (Å²) in [6.07, 6.45) is 6.34. The maximum atomic E-state index is 4.99. The van der Waals surface area contributed by atoms with Crippen LogP contribution in [0.25, 0.3) is 11.4 Å². The molecule has 4 rings (SSSR count). The van der Waals surface area contributed by atoms with Crippen LogP contribution in [-0.4, -0.2) is 9.55 Å².